The van der Waals surface area contributed by atoms with Gasteiger partial charge >= 0.3 is 0 Å². The molecule has 15 heavy (non-hydrogen) atoms. The summed E-state index contributed by atoms with van der Waals surface area (Å²) in [6, 6.07) is 1.75. The second-order valence-corrected chi connectivity index (χ2v) is 3.74. The molecule has 0 saturated carbocycles. The molecule has 0 aliphatic heterocycles. The molecule has 0 aromatic carbocycles. The molecular weight excluding hydrogens is 190 g/mol. The van der Waals surface area contributed by atoms with E-state index >= 15 is 0 Å². The predicted octanol–water partition coefficient (Wildman–Crippen LogP) is 1.68. The van der Waals surface area contributed by atoms with Crippen molar-refractivity contribution in [2.24, 2.45) is 12.8 Å². The van der Waals surface area contributed by atoms with Crippen LogP contribution in [0.4, 0.5) is 0 Å². The largest absolute Gasteiger partial charge is 0.466 e. The molecule has 0 saturated heterocycles. The number of aryl methyl sites for hydroxylation is 3. The van der Waals surface area contributed by atoms with Gasteiger partial charge in [0, 0.05) is 25.0 Å². The Kier molecular flexibility index (Phi) is 2.36. The van der Waals surface area contributed by atoms with Gasteiger partial charge in [-0.1, -0.05) is 0 Å². The number of furan rings is 1. The maximum atomic E-state index is 6.13. The number of aromatic nitrogens is 2. The van der Waals surface area contributed by atoms with E-state index in [-0.39, 0.29) is 6.04 Å². The van der Waals surface area contributed by atoms with Gasteiger partial charge in [0.1, 0.15) is 17.3 Å². The van der Waals surface area contributed by atoms with Gasteiger partial charge in [-0.3, -0.25) is 0 Å². The van der Waals surface area contributed by atoms with Crippen LogP contribution in [0.15, 0.2) is 22.9 Å². The smallest absolute Gasteiger partial charge is 0.130 e. The number of imidazole rings is 1. The summed E-state index contributed by atoms with van der Waals surface area (Å²) in [7, 11) is 1.93. The van der Waals surface area contributed by atoms with Crippen LogP contribution < -0.4 is 5.73 Å². The van der Waals surface area contributed by atoms with Gasteiger partial charge in [-0.2, -0.15) is 0 Å². The van der Waals surface area contributed by atoms with Crippen molar-refractivity contribution in [3.05, 3.63) is 41.4 Å². The van der Waals surface area contributed by atoms with Crippen molar-refractivity contribution in [2.45, 2.75) is 19.9 Å². The minimum absolute atomic E-state index is 0.220. The molecule has 0 spiro atoms. The Labute approximate surface area is 88.7 Å². The van der Waals surface area contributed by atoms with Crippen LogP contribution in [0, 0.1) is 13.8 Å². The Hall–Kier alpha value is -1.55. The second-order valence-electron chi connectivity index (χ2n) is 3.74. The maximum Gasteiger partial charge on any atom is 0.130 e. The van der Waals surface area contributed by atoms with Gasteiger partial charge in [0.15, 0.2) is 0 Å². The third-order valence-corrected chi connectivity index (χ3v) is 2.55. The first-order chi connectivity index (χ1) is 7.09. The highest BCUT2D eigenvalue weighted by Gasteiger charge is 2.18. The quantitative estimate of drug-likeness (QED) is 0.811. The highest BCUT2D eigenvalue weighted by atomic mass is 16.3. The molecule has 2 heterocycles. The first-order valence-electron chi connectivity index (χ1n) is 4.89. The molecule has 4 nitrogen and oxygen atoms in total. The number of hydrogen-bond donors (Lipinski definition) is 1. The van der Waals surface area contributed by atoms with E-state index in [1.807, 2.05) is 37.7 Å². The highest BCUT2D eigenvalue weighted by Crippen LogP contribution is 2.23. The molecule has 2 aromatic heterocycles. The van der Waals surface area contributed by atoms with Crippen molar-refractivity contribution in [3.63, 3.8) is 0 Å². The van der Waals surface area contributed by atoms with E-state index in [1.165, 1.54) is 0 Å². The van der Waals surface area contributed by atoms with Crippen molar-refractivity contribution in [1.82, 2.24) is 9.55 Å². The van der Waals surface area contributed by atoms with Gasteiger partial charge in [-0.25, -0.2) is 4.98 Å². The molecule has 1 atom stereocenters. The standard InChI is InChI=1S/C11H15N3O/c1-7-6-9(8(2)15-7)10(12)11-13-4-5-14(11)3/h4-6,10H,12H2,1-3H3. The fraction of sp³-hybridized carbons (Fsp3) is 0.364. The minimum atomic E-state index is -0.220. The first kappa shape index (κ1) is 9.98. The van der Waals surface area contributed by atoms with E-state index in [0.717, 1.165) is 22.9 Å². The lowest BCUT2D eigenvalue weighted by molar-refractivity contribution is 0.498. The third-order valence-electron chi connectivity index (χ3n) is 2.55. The summed E-state index contributed by atoms with van der Waals surface area (Å²) in [5, 5.41) is 0. The Bertz CT molecular complexity index is 470. The van der Waals surface area contributed by atoms with Crippen molar-refractivity contribution in [1.29, 1.82) is 0 Å². The van der Waals surface area contributed by atoms with Crippen molar-refractivity contribution in [2.75, 3.05) is 0 Å². The van der Waals surface area contributed by atoms with Gasteiger partial charge in [0.25, 0.3) is 0 Å². The summed E-state index contributed by atoms with van der Waals surface area (Å²) in [6.45, 7) is 3.84. The van der Waals surface area contributed by atoms with Crippen LogP contribution in [0.1, 0.15) is 29.0 Å². The summed E-state index contributed by atoms with van der Waals surface area (Å²) in [5.41, 5.74) is 7.13. The van der Waals surface area contributed by atoms with E-state index in [0.29, 0.717) is 0 Å². The SMILES string of the molecule is Cc1cc(C(N)c2nccn2C)c(C)o1. The topological polar surface area (TPSA) is 57.0 Å². The second kappa shape index (κ2) is 3.55. The van der Waals surface area contributed by atoms with Gasteiger partial charge < -0.3 is 14.7 Å². The summed E-state index contributed by atoms with van der Waals surface area (Å²) in [5.74, 6) is 2.59. The Morgan fingerprint density at radius 1 is 1.47 bits per heavy atom. The van der Waals surface area contributed by atoms with E-state index in [2.05, 4.69) is 4.98 Å². The fourth-order valence-corrected chi connectivity index (χ4v) is 1.78. The van der Waals surface area contributed by atoms with Crippen LogP contribution in [-0.2, 0) is 7.05 Å². The minimum Gasteiger partial charge on any atom is -0.466 e. The Balaban J connectivity index is 2.40. The molecule has 4 heteroatoms. The number of nitrogens with zero attached hydrogens (tertiary/aromatic N) is 2. The first-order valence-corrected chi connectivity index (χ1v) is 4.89. The van der Waals surface area contributed by atoms with E-state index in [4.69, 9.17) is 10.2 Å². The maximum absolute atomic E-state index is 6.13. The van der Waals surface area contributed by atoms with Gasteiger partial charge in [0.05, 0.1) is 6.04 Å². The molecule has 0 aliphatic rings. The average molecular weight is 205 g/mol. The molecule has 0 fully saturated rings. The average Bonchev–Trinajstić information content (AvgIpc) is 2.71. The lowest BCUT2D eigenvalue weighted by atomic mass is 10.1. The molecular formula is C11H15N3O. The molecule has 2 N–H and O–H groups in total. The van der Waals surface area contributed by atoms with Crippen molar-refractivity contribution >= 4 is 0 Å². The lowest BCUT2D eigenvalue weighted by Crippen LogP contribution is -2.16. The monoisotopic (exact) mass is 205 g/mol. The summed E-state index contributed by atoms with van der Waals surface area (Å²) in [4.78, 5) is 4.24. The molecule has 0 bridgehead atoms. The molecule has 0 radical (unpaired) electrons. The molecule has 80 valence electrons. The molecule has 2 aromatic rings. The Morgan fingerprint density at radius 2 is 2.20 bits per heavy atom. The predicted molar refractivity (Wildman–Crippen MR) is 57.4 cm³/mol. The third kappa shape index (κ3) is 1.68. The normalized spacial score (nSPS) is 13.1. The highest BCUT2D eigenvalue weighted by molar-refractivity contribution is 5.28. The molecule has 2 rings (SSSR count). The van der Waals surface area contributed by atoms with Gasteiger partial charge in [-0.05, 0) is 19.9 Å². The van der Waals surface area contributed by atoms with Crippen LogP contribution in [0.5, 0.6) is 0 Å². The zero-order valence-corrected chi connectivity index (χ0v) is 9.19. The lowest BCUT2D eigenvalue weighted by Gasteiger charge is -2.10. The van der Waals surface area contributed by atoms with Crippen molar-refractivity contribution in [3.8, 4) is 0 Å². The van der Waals surface area contributed by atoms with Crippen LogP contribution >= 0.6 is 0 Å². The Morgan fingerprint density at radius 3 is 2.67 bits per heavy atom. The van der Waals surface area contributed by atoms with E-state index < -0.39 is 0 Å². The molecule has 0 aliphatic carbocycles. The van der Waals surface area contributed by atoms with E-state index in [9.17, 15) is 0 Å². The summed E-state index contributed by atoms with van der Waals surface area (Å²) >= 11 is 0. The van der Waals surface area contributed by atoms with Crippen LogP contribution in [0.3, 0.4) is 0 Å². The van der Waals surface area contributed by atoms with Gasteiger partial charge in [-0.15, -0.1) is 0 Å². The van der Waals surface area contributed by atoms with Crippen LogP contribution in [0.2, 0.25) is 0 Å². The molecule has 1 unspecified atom stereocenters. The molecule has 0 amide bonds. The summed E-state index contributed by atoms with van der Waals surface area (Å²) in [6.07, 6.45) is 3.63. The van der Waals surface area contributed by atoms with E-state index in [1.54, 1.807) is 6.20 Å². The van der Waals surface area contributed by atoms with Crippen LogP contribution in [-0.4, -0.2) is 9.55 Å². The van der Waals surface area contributed by atoms with Gasteiger partial charge in [0.2, 0.25) is 0 Å². The fourth-order valence-electron chi connectivity index (χ4n) is 1.78. The number of nitrogens with two attached hydrogens (primary N) is 1. The summed E-state index contributed by atoms with van der Waals surface area (Å²) < 4.78 is 7.38. The zero-order valence-electron chi connectivity index (χ0n) is 9.19. The van der Waals surface area contributed by atoms with Crippen molar-refractivity contribution < 1.29 is 4.42 Å². The zero-order chi connectivity index (χ0) is 11.0. The number of hydrogen-bond acceptors (Lipinski definition) is 3. The number of rotatable bonds is 2. The van der Waals surface area contributed by atoms with Crippen LogP contribution in [0.25, 0.3) is 0 Å².